The Morgan fingerprint density at radius 1 is 1.17 bits per heavy atom. The highest BCUT2D eigenvalue weighted by Crippen LogP contribution is 2.30. The first-order chi connectivity index (χ1) is 8.49. The Bertz CT molecular complexity index is 629. The maximum absolute atomic E-state index is 11.1. The van der Waals surface area contributed by atoms with E-state index in [4.69, 9.17) is 34.0 Å². The predicted octanol–water partition coefficient (Wildman–Crippen LogP) is 3.34. The lowest BCUT2D eigenvalue weighted by Gasteiger charge is -2.07. The average Bonchev–Trinajstić information content (AvgIpc) is 2.32. The van der Waals surface area contributed by atoms with E-state index < -0.39 is 5.97 Å². The van der Waals surface area contributed by atoms with E-state index in [0.717, 1.165) is 0 Å². The van der Waals surface area contributed by atoms with Gasteiger partial charge in [-0.15, -0.1) is 0 Å². The third-order valence-electron chi connectivity index (χ3n) is 2.35. The number of carbonyl (C=O) groups is 1. The molecular weight excluding hydrogens is 275 g/mol. The van der Waals surface area contributed by atoms with E-state index >= 15 is 0 Å². The number of rotatable bonds is 2. The van der Waals surface area contributed by atoms with Crippen LogP contribution in [0.25, 0.3) is 11.1 Å². The number of nitrogens with zero attached hydrogens (tertiary/aromatic N) is 1. The first-order valence-electron chi connectivity index (χ1n) is 4.94. The van der Waals surface area contributed by atoms with Gasteiger partial charge in [0.1, 0.15) is 5.82 Å². The zero-order valence-corrected chi connectivity index (χ0v) is 10.5. The summed E-state index contributed by atoms with van der Waals surface area (Å²) in [5, 5.41) is 9.85. The molecular formula is C12H8Cl2N2O2. The molecule has 0 aliphatic rings. The van der Waals surface area contributed by atoms with Crippen LogP contribution in [0.15, 0.2) is 30.3 Å². The van der Waals surface area contributed by atoms with Crippen LogP contribution in [-0.2, 0) is 0 Å². The van der Waals surface area contributed by atoms with Gasteiger partial charge in [0.25, 0.3) is 0 Å². The summed E-state index contributed by atoms with van der Waals surface area (Å²) in [5.41, 5.74) is 6.42. The largest absolute Gasteiger partial charge is 0.476 e. The van der Waals surface area contributed by atoms with Crippen LogP contribution in [0.3, 0.4) is 0 Å². The zero-order chi connectivity index (χ0) is 13.3. The average molecular weight is 283 g/mol. The number of aromatic nitrogens is 1. The van der Waals surface area contributed by atoms with Crippen molar-refractivity contribution in [1.29, 1.82) is 0 Å². The number of aromatic carboxylic acids is 1. The van der Waals surface area contributed by atoms with Gasteiger partial charge < -0.3 is 10.8 Å². The summed E-state index contributed by atoms with van der Waals surface area (Å²) in [6.07, 6.45) is 0. The Balaban J connectivity index is 2.63. The number of anilines is 1. The molecule has 0 radical (unpaired) electrons. The van der Waals surface area contributed by atoms with Crippen molar-refractivity contribution >= 4 is 35.0 Å². The second-order valence-corrected chi connectivity index (χ2v) is 4.38. The number of benzene rings is 1. The highest BCUT2D eigenvalue weighted by atomic mass is 35.5. The van der Waals surface area contributed by atoms with E-state index in [9.17, 15) is 4.79 Å². The molecule has 1 heterocycles. The Morgan fingerprint density at radius 2 is 1.89 bits per heavy atom. The van der Waals surface area contributed by atoms with E-state index in [0.29, 0.717) is 21.2 Å². The topological polar surface area (TPSA) is 76.2 Å². The van der Waals surface area contributed by atoms with Crippen molar-refractivity contribution in [2.45, 2.75) is 0 Å². The number of pyridine rings is 1. The molecule has 0 amide bonds. The lowest BCUT2D eigenvalue weighted by atomic mass is 10.0. The van der Waals surface area contributed by atoms with E-state index in [1.807, 2.05) is 0 Å². The number of nitrogen functional groups attached to an aromatic ring is 1. The monoisotopic (exact) mass is 282 g/mol. The zero-order valence-electron chi connectivity index (χ0n) is 9.02. The molecule has 4 nitrogen and oxygen atoms in total. The second-order valence-electron chi connectivity index (χ2n) is 3.57. The van der Waals surface area contributed by atoms with Crippen LogP contribution in [-0.4, -0.2) is 16.1 Å². The van der Waals surface area contributed by atoms with Crippen molar-refractivity contribution < 1.29 is 9.90 Å². The van der Waals surface area contributed by atoms with Crippen molar-refractivity contribution in [2.75, 3.05) is 5.73 Å². The fourth-order valence-electron chi connectivity index (χ4n) is 1.53. The fourth-order valence-corrected chi connectivity index (χ4v) is 1.83. The summed E-state index contributed by atoms with van der Waals surface area (Å²) in [6, 6.07) is 7.98. The molecule has 0 saturated heterocycles. The molecule has 0 fully saturated rings. The molecule has 0 spiro atoms. The van der Waals surface area contributed by atoms with Crippen LogP contribution in [0, 0.1) is 0 Å². The molecule has 2 rings (SSSR count). The lowest BCUT2D eigenvalue weighted by Crippen LogP contribution is -2.05. The number of nitrogens with two attached hydrogens (primary N) is 1. The maximum atomic E-state index is 11.1. The summed E-state index contributed by atoms with van der Waals surface area (Å²) in [6.45, 7) is 0. The number of halogens is 2. The molecule has 6 heteroatoms. The van der Waals surface area contributed by atoms with Crippen molar-refractivity contribution in [2.24, 2.45) is 0 Å². The predicted molar refractivity (Wildman–Crippen MR) is 71.1 cm³/mol. The molecule has 0 aliphatic heterocycles. The highest BCUT2D eigenvalue weighted by molar-refractivity contribution is 6.42. The van der Waals surface area contributed by atoms with Gasteiger partial charge in [0.05, 0.1) is 10.0 Å². The molecule has 3 N–H and O–H groups in total. The Kier molecular flexibility index (Phi) is 3.41. The quantitative estimate of drug-likeness (QED) is 0.886. The molecule has 1 aromatic carbocycles. The second kappa shape index (κ2) is 4.84. The summed E-state index contributed by atoms with van der Waals surface area (Å²) < 4.78 is 0. The highest BCUT2D eigenvalue weighted by Gasteiger charge is 2.14. The molecule has 0 aliphatic carbocycles. The Morgan fingerprint density at radius 3 is 2.50 bits per heavy atom. The van der Waals surface area contributed by atoms with Gasteiger partial charge in [-0.05, 0) is 29.8 Å². The molecule has 2 aromatic rings. The first kappa shape index (κ1) is 12.7. The molecule has 0 unspecified atom stereocenters. The van der Waals surface area contributed by atoms with E-state index in [-0.39, 0.29) is 11.5 Å². The Labute approximate surface area is 113 Å². The molecule has 18 heavy (non-hydrogen) atoms. The van der Waals surface area contributed by atoms with Gasteiger partial charge in [-0.1, -0.05) is 29.3 Å². The van der Waals surface area contributed by atoms with Gasteiger partial charge >= 0.3 is 5.97 Å². The van der Waals surface area contributed by atoms with Crippen LogP contribution in [0.1, 0.15) is 10.5 Å². The standard InChI is InChI=1S/C12H8Cl2N2O2/c13-8-3-1-6(5-9(8)14)7-2-4-10(15)16-11(7)12(17)18/h1-5H,(H2,15,16)(H,17,18). The molecule has 92 valence electrons. The van der Waals surface area contributed by atoms with Crippen LogP contribution in [0.5, 0.6) is 0 Å². The fraction of sp³-hybridized carbons (Fsp3) is 0. The number of carboxylic acid groups (broad SMARTS) is 1. The van der Waals surface area contributed by atoms with Crippen LogP contribution < -0.4 is 5.73 Å². The third-order valence-corrected chi connectivity index (χ3v) is 3.09. The van der Waals surface area contributed by atoms with Gasteiger partial charge in [-0.3, -0.25) is 0 Å². The van der Waals surface area contributed by atoms with Crippen LogP contribution >= 0.6 is 23.2 Å². The molecule has 0 atom stereocenters. The van der Waals surface area contributed by atoms with Crippen molar-refractivity contribution in [3.8, 4) is 11.1 Å². The molecule has 0 saturated carbocycles. The van der Waals surface area contributed by atoms with Gasteiger partial charge in [-0.2, -0.15) is 0 Å². The normalized spacial score (nSPS) is 10.3. The summed E-state index contributed by atoms with van der Waals surface area (Å²) in [5.74, 6) is -1.00. The minimum Gasteiger partial charge on any atom is -0.476 e. The van der Waals surface area contributed by atoms with Crippen LogP contribution in [0.4, 0.5) is 5.82 Å². The van der Waals surface area contributed by atoms with Crippen molar-refractivity contribution in [3.63, 3.8) is 0 Å². The molecule has 1 aromatic heterocycles. The minimum atomic E-state index is -1.15. The number of hydrogen-bond acceptors (Lipinski definition) is 3. The van der Waals surface area contributed by atoms with Gasteiger partial charge in [0.2, 0.25) is 0 Å². The third kappa shape index (κ3) is 2.39. The molecule has 0 bridgehead atoms. The van der Waals surface area contributed by atoms with E-state index in [1.165, 1.54) is 6.07 Å². The number of hydrogen-bond donors (Lipinski definition) is 2. The van der Waals surface area contributed by atoms with Gasteiger partial charge in [0.15, 0.2) is 5.69 Å². The first-order valence-corrected chi connectivity index (χ1v) is 5.70. The maximum Gasteiger partial charge on any atom is 0.355 e. The van der Waals surface area contributed by atoms with E-state index in [2.05, 4.69) is 4.98 Å². The summed E-state index contributed by atoms with van der Waals surface area (Å²) in [7, 11) is 0. The van der Waals surface area contributed by atoms with Crippen LogP contribution in [0.2, 0.25) is 10.0 Å². The van der Waals surface area contributed by atoms with Crippen molar-refractivity contribution in [3.05, 3.63) is 46.1 Å². The minimum absolute atomic E-state index is 0.117. The van der Waals surface area contributed by atoms with Gasteiger partial charge in [-0.25, -0.2) is 9.78 Å². The van der Waals surface area contributed by atoms with Gasteiger partial charge in [0, 0.05) is 5.56 Å². The summed E-state index contributed by atoms with van der Waals surface area (Å²) >= 11 is 11.7. The lowest BCUT2D eigenvalue weighted by molar-refractivity contribution is 0.0691. The van der Waals surface area contributed by atoms with E-state index in [1.54, 1.807) is 24.3 Å². The Hall–Kier alpha value is -1.78. The van der Waals surface area contributed by atoms with Crippen molar-refractivity contribution in [1.82, 2.24) is 4.98 Å². The summed E-state index contributed by atoms with van der Waals surface area (Å²) in [4.78, 5) is 14.9. The SMILES string of the molecule is Nc1ccc(-c2ccc(Cl)c(Cl)c2)c(C(=O)O)n1. The number of carboxylic acids is 1. The smallest absolute Gasteiger partial charge is 0.355 e.